The number of pyridine rings is 1. The van der Waals surface area contributed by atoms with Crippen molar-refractivity contribution in [3.8, 4) is 10.6 Å². The number of rotatable bonds is 7. The second-order valence-electron chi connectivity index (χ2n) is 8.90. The highest BCUT2D eigenvalue weighted by molar-refractivity contribution is 8.18. The number of nitrogens with one attached hydrogen (secondary N) is 3. The van der Waals surface area contributed by atoms with E-state index in [0.29, 0.717) is 45.0 Å². The van der Waals surface area contributed by atoms with Crippen LogP contribution in [0.4, 0.5) is 23.9 Å². The summed E-state index contributed by atoms with van der Waals surface area (Å²) in [5, 5.41) is 8.70. The minimum Gasteiger partial charge on any atom is -0.351 e. The third kappa shape index (κ3) is 6.40. The predicted octanol–water partition coefficient (Wildman–Crippen LogP) is 5.46. The molecule has 0 atom stereocenters. The van der Waals surface area contributed by atoms with Crippen LogP contribution < -0.4 is 16.0 Å². The van der Waals surface area contributed by atoms with Gasteiger partial charge in [-0.1, -0.05) is 6.07 Å². The molecule has 13 heteroatoms. The topological polar surface area (TPSA) is 109 Å². The second-order valence-corrected chi connectivity index (χ2v) is 11.0. The Morgan fingerprint density at radius 1 is 1.03 bits per heavy atom. The van der Waals surface area contributed by atoms with E-state index in [-0.39, 0.29) is 12.1 Å². The molecule has 198 valence electrons. The van der Waals surface area contributed by atoms with Gasteiger partial charge in [0.2, 0.25) is 5.95 Å². The third-order valence-corrected chi connectivity index (χ3v) is 8.20. The molecule has 1 saturated carbocycles. The van der Waals surface area contributed by atoms with Crippen molar-refractivity contribution in [3.63, 3.8) is 0 Å². The Bertz CT molecular complexity index is 1370. The molecule has 5 rings (SSSR count). The van der Waals surface area contributed by atoms with Gasteiger partial charge in [-0.05, 0) is 73.4 Å². The highest BCUT2D eigenvalue weighted by atomic mass is 32.2. The Balaban J connectivity index is 1.14. The first-order valence-corrected chi connectivity index (χ1v) is 13.6. The van der Waals surface area contributed by atoms with Crippen LogP contribution in [0.25, 0.3) is 16.6 Å². The van der Waals surface area contributed by atoms with Crippen molar-refractivity contribution in [3.05, 3.63) is 63.8 Å². The van der Waals surface area contributed by atoms with E-state index in [0.717, 1.165) is 49.1 Å². The zero-order valence-corrected chi connectivity index (χ0v) is 21.6. The Kier molecular flexibility index (Phi) is 7.77. The number of aromatic nitrogens is 3. The standard InChI is InChI=1S/C25H23F3N6O2S2/c26-25(27,28)20-8-7-18(37-20)21-14(2-1-10-29-21)13-31-15-3-5-16(6-4-15)32-23-30-11-9-17(33-23)12-19-22(35)34-24(36)38-19/h1-2,7-12,15-16,31H,3-6,13H2,(H,30,32,33)(H,34,35,36)/b19-12-. The van der Waals surface area contributed by atoms with Crippen LogP contribution in [-0.4, -0.2) is 38.2 Å². The van der Waals surface area contributed by atoms with E-state index in [1.54, 1.807) is 30.6 Å². The molecule has 0 bridgehead atoms. The van der Waals surface area contributed by atoms with Gasteiger partial charge in [-0.25, -0.2) is 9.97 Å². The zero-order chi connectivity index (χ0) is 26.7. The lowest BCUT2D eigenvalue weighted by molar-refractivity contribution is -0.134. The van der Waals surface area contributed by atoms with Gasteiger partial charge in [-0.2, -0.15) is 13.2 Å². The first kappa shape index (κ1) is 26.3. The lowest BCUT2D eigenvalue weighted by Gasteiger charge is -2.30. The number of hydrogen-bond acceptors (Lipinski definition) is 9. The largest absolute Gasteiger partial charge is 0.425 e. The lowest BCUT2D eigenvalue weighted by atomic mass is 9.91. The van der Waals surface area contributed by atoms with Crippen LogP contribution in [0.3, 0.4) is 0 Å². The molecule has 1 saturated heterocycles. The van der Waals surface area contributed by atoms with Gasteiger partial charge in [0.15, 0.2) is 0 Å². The molecule has 3 aromatic rings. The summed E-state index contributed by atoms with van der Waals surface area (Å²) >= 11 is 1.54. The Labute approximate surface area is 224 Å². The zero-order valence-electron chi connectivity index (χ0n) is 19.9. The van der Waals surface area contributed by atoms with Crippen LogP contribution in [0, 0.1) is 0 Å². The smallest absolute Gasteiger partial charge is 0.351 e. The fourth-order valence-electron chi connectivity index (χ4n) is 4.38. The van der Waals surface area contributed by atoms with Crippen LogP contribution >= 0.6 is 23.1 Å². The van der Waals surface area contributed by atoms with Gasteiger partial charge in [0.1, 0.15) is 4.88 Å². The summed E-state index contributed by atoms with van der Waals surface area (Å²) in [5.74, 6) is 0.0264. The number of hydrogen-bond donors (Lipinski definition) is 3. The number of carbonyl (C=O) groups is 2. The minimum absolute atomic E-state index is 0.183. The summed E-state index contributed by atoms with van der Waals surface area (Å²) < 4.78 is 39.1. The Hall–Kier alpha value is -3.29. The lowest BCUT2D eigenvalue weighted by Crippen LogP contribution is -2.37. The van der Waals surface area contributed by atoms with Crippen LogP contribution in [-0.2, 0) is 17.5 Å². The molecule has 0 unspecified atom stereocenters. The van der Waals surface area contributed by atoms with E-state index in [2.05, 4.69) is 30.9 Å². The van der Waals surface area contributed by atoms with E-state index in [1.807, 2.05) is 6.07 Å². The second kappa shape index (κ2) is 11.2. The average Bonchev–Trinajstić information content (AvgIpc) is 3.51. The van der Waals surface area contributed by atoms with Crippen LogP contribution in [0.1, 0.15) is 41.8 Å². The number of thioether (sulfide) groups is 1. The van der Waals surface area contributed by atoms with E-state index in [1.165, 1.54) is 6.07 Å². The summed E-state index contributed by atoms with van der Waals surface area (Å²) in [6.07, 6.45) is 3.99. The molecule has 3 aromatic heterocycles. The summed E-state index contributed by atoms with van der Waals surface area (Å²) in [4.78, 5) is 36.3. The number of anilines is 1. The number of amides is 2. The number of thiophene rings is 1. The molecule has 2 amide bonds. The van der Waals surface area contributed by atoms with Crippen molar-refractivity contribution in [2.45, 2.75) is 50.5 Å². The summed E-state index contributed by atoms with van der Waals surface area (Å²) in [7, 11) is 0. The summed E-state index contributed by atoms with van der Waals surface area (Å²) in [6.45, 7) is 0.513. The van der Waals surface area contributed by atoms with Crippen molar-refractivity contribution >= 4 is 46.3 Å². The average molecular weight is 561 g/mol. The fraction of sp³-hybridized carbons (Fsp3) is 0.320. The maximum Gasteiger partial charge on any atom is 0.425 e. The molecule has 8 nitrogen and oxygen atoms in total. The normalized spacial score (nSPS) is 21.1. The molecule has 0 aromatic carbocycles. The highest BCUT2D eigenvalue weighted by Gasteiger charge is 2.33. The van der Waals surface area contributed by atoms with Crippen molar-refractivity contribution in [1.82, 2.24) is 25.6 Å². The number of nitrogens with zero attached hydrogens (tertiary/aromatic N) is 3. The Morgan fingerprint density at radius 2 is 1.82 bits per heavy atom. The molecular weight excluding hydrogens is 537 g/mol. The quantitative estimate of drug-likeness (QED) is 0.327. The van der Waals surface area contributed by atoms with Crippen LogP contribution in [0.2, 0.25) is 0 Å². The van der Waals surface area contributed by atoms with E-state index < -0.39 is 22.2 Å². The number of halogens is 3. The third-order valence-electron chi connectivity index (χ3n) is 6.25. The molecule has 0 spiro atoms. The van der Waals surface area contributed by atoms with Gasteiger partial charge in [-0.3, -0.25) is 19.9 Å². The fourth-order valence-corrected chi connectivity index (χ4v) is 5.95. The van der Waals surface area contributed by atoms with Gasteiger partial charge >= 0.3 is 6.18 Å². The van der Waals surface area contributed by atoms with Gasteiger partial charge < -0.3 is 10.6 Å². The monoisotopic (exact) mass is 560 g/mol. The van der Waals surface area contributed by atoms with E-state index in [4.69, 9.17) is 0 Å². The molecule has 0 radical (unpaired) electrons. The molecule has 4 heterocycles. The molecule has 1 aliphatic carbocycles. The SMILES string of the molecule is O=C1NC(=O)/C(=C/c2ccnc(NC3CCC(NCc4cccnc4-c4ccc(C(F)(F)F)s4)CC3)n2)S1. The van der Waals surface area contributed by atoms with Gasteiger partial charge in [-0.15, -0.1) is 11.3 Å². The summed E-state index contributed by atoms with van der Waals surface area (Å²) in [5.41, 5.74) is 1.96. The molecule has 38 heavy (non-hydrogen) atoms. The van der Waals surface area contributed by atoms with Gasteiger partial charge in [0.05, 0.1) is 21.2 Å². The molecule has 2 fully saturated rings. The number of alkyl halides is 3. The first-order chi connectivity index (χ1) is 18.2. The molecular formula is C25H23F3N6O2S2. The predicted molar refractivity (Wildman–Crippen MR) is 140 cm³/mol. The van der Waals surface area contributed by atoms with Crippen molar-refractivity contribution in [1.29, 1.82) is 0 Å². The maximum atomic E-state index is 13.0. The minimum atomic E-state index is -4.36. The van der Waals surface area contributed by atoms with Gasteiger partial charge in [0.25, 0.3) is 11.1 Å². The van der Waals surface area contributed by atoms with Crippen molar-refractivity contribution in [2.24, 2.45) is 0 Å². The summed E-state index contributed by atoms with van der Waals surface area (Å²) in [6, 6.07) is 8.37. The molecule has 2 aliphatic rings. The molecule has 3 N–H and O–H groups in total. The number of carbonyl (C=O) groups excluding carboxylic acids is 2. The van der Waals surface area contributed by atoms with Crippen LogP contribution in [0.5, 0.6) is 0 Å². The van der Waals surface area contributed by atoms with Crippen molar-refractivity contribution in [2.75, 3.05) is 5.32 Å². The number of imide groups is 1. The molecule has 1 aliphatic heterocycles. The van der Waals surface area contributed by atoms with E-state index >= 15 is 0 Å². The van der Waals surface area contributed by atoms with Crippen molar-refractivity contribution < 1.29 is 22.8 Å². The van der Waals surface area contributed by atoms with Crippen LogP contribution in [0.15, 0.2) is 47.6 Å². The van der Waals surface area contributed by atoms with E-state index in [9.17, 15) is 22.8 Å². The first-order valence-electron chi connectivity index (χ1n) is 11.9. The highest BCUT2D eigenvalue weighted by Crippen LogP contribution is 2.38. The maximum absolute atomic E-state index is 13.0. The Morgan fingerprint density at radius 3 is 2.53 bits per heavy atom. The van der Waals surface area contributed by atoms with Gasteiger partial charge in [0, 0.05) is 31.0 Å².